The Morgan fingerprint density at radius 1 is 1.11 bits per heavy atom. The van der Waals surface area contributed by atoms with Crippen LogP contribution < -0.4 is 15.4 Å². The van der Waals surface area contributed by atoms with Crippen LogP contribution in [0.5, 0.6) is 5.75 Å². The number of aliphatic imine (C=N–C) groups is 1. The highest BCUT2D eigenvalue weighted by molar-refractivity contribution is 14.0. The van der Waals surface area contributed by atoms with Crippen LogP contribution in [0.4, 0.5) is 0 Å². The Hall–Kier alpha value is -1.74. The standard InChI is InChI=1S/C21H31N3O3.HI/c1-3-22-21(24-14-6-15-26-17-20-8-5-16-27-20)23-13-4-7-18-9-11-19(25-2)12-10-18;/h5,8-12,16H,3-4,6-7,13-15,17H2,1-2H3,(H2,22,23,24);1H. The molecule has 6 nitrogen and oxygen atoms in total. The van der Waals surface area contributed by atoms with Crippen LogP contribution in [0.15, 0.2) is 52.1 Å². The Balaban J connectivity index is 0.00000392. The molecule has 2 rings (SSSR count). The van der Waals surface area contributed by atoms with Crippen molar-refractivity contribution in [3.8, 4) is 5.75 Å². The van der Waals surface area contributed by atoms with E-state index in [9.17, 15) is 0 Å². The predicted octanol–water partition coefficient (Wildman–Crippen LogP) is 4.00. The molecule has 1 heterocycles. The molecule has 28 heavy (non-hydrogen) atoms. The highest BCUT2D eigenvalue weighted by Crippen LogP contribution is 2.12. The van der Waals surface area contributed by atoms with Crippen LogP contribution in [-0.2, 0) is 17.8 Å². The first kappa shape index (κ1) is 24.3. The second-order valence-corrected chi connectivity index (χ2v) is 6.12. The van der Waals surface area contributed by atoms with E-state index >= 15 is 0 Å². The van der Waals surface area contributed by atoms with Crippen molar-refractivity contribution in [3.63, 3.8) is 0 Å². The molecule has 2 aromatic rings. The average molecular weight is 501 g/mol. The Morgan fingerprint density at radius 3 is 2.61 bits per heavy atom. The van der Waals surface area contributed by atoms with Crippen molar-refractivity contribution < 1.29 is 13.9 Å². The third-order valence-corrected chi connectivity index (χ3v) is 3.98. The Morgan fingerprint density at radius 2 is 1.93 bits per heavy atom. The molecule has 0 atom stereocenters. The number of rotatable bonds is 12. The van der Waals surface area contributed by atoms with E-state index in [0.29, 0.717) is 13.2 Å². The molecule has 0 saturated carbocycles. The first-order valence-electron chi connectivity index (χ1n) is 9.57. The lowest BCUT2D eigenvalue weighted by Crippen LogP contribution is -2.38. The van der Waals surface area contributed by atoms with Gasteiger partial charge in [-0.3, -0.25) is 4.99 Å². The number of ether oxygens (including phenoxy) is 2. The van der Waals surface area contributed by atoms with Crippen LogP contribution in [0.25, 0.3) is 0 Å². The largest absolute Gasteiger partial charge is 0.497 e. The smallest absolute Gasteiger partial charge is 0.191 e. The molecule has 0 unspecified atom stereocenters. The van der Waals surface area contributed by atoms with E-state index in [2.05, 4.69) is 34.7 Å². The third-order valence-electron chi connectivity index (χ3n) is 3.98. The number of nitrogens with one attached hydrogen (secondary N) is 2. The zero-order valence-electron chi connectivity index (χ0n) is 16.8. The summed E-state index contributed by atoms with van der Waals surface area (Å²) in [4.78, 5) is 4.63. The highest BCUT2D eigenvalue weighted by atomic mass is 127. The number of nitrogens with zero attached hydrogens (tertiary/aromatic N) is 1. The topological polar surface area (TPSA) is 68.0 Å². The first-order valence-corrected chi connectivity index (χ1v) is 9.57. The molecule has 0 aliphatic heterocycles. The third kappa shape index (κ3) is 9.98. The number of benzene rings is 1. The number of methoxy groups -OCH3 is 1. The molecule has 7 heteroatoms. The summed E-state index contributed by atoms with van der Waals surface area (Å²) in [5.41, 5.74) is 1.30. The van der Waals surface area contributed by atoms with Crippen molar-refractivity contribution in [1.82, 2.24) is 10.6 Å². The number of hydrogen-bond donors (Lipinski definition) is 2. The van der Waals surface area contributed by atoms with E-state index in [4.69, 9.17) is 13.9 Å². The summed E-state index contributed by atoms with van der Waals surface area (Å²) in [6.07, 6.45) is 4.59. The summed E-state index contributed by atoms with van der Waals surface area (Å²) in [6, 6.07) is 12.0. The minimum absolute atomic E-state index is 0. The molecular formula is C21H32IN3O3. The minimum atomic E-state index is 0. The Bertz CT molecular complexity index is 645. The molecule has 0 fully saturated rings. The van der Waals surface area contributed by atoms with Crippen LogP contribution in [0.3, 0.4) is 0 Å². The van der Waals surface area contributed by atoms with Crippen molar-refractivity contribution in [2.45, 2.75) is 32.8 Å². The average Bonchev–Trinajstić information content (AvgIpc) is 3.21. The maximum absolute atomic E-state index is 5.58. The van der Waals surface area contributed by atoms with Crippen LogP contribution in [0.1, 0.15) is 31.1 Å². The van der Waals surface area contributed by atoms with Gasteiger partial charge in [0.15, 0.2) is 5.96 Å². The lowest BCUT2D eigenvalue weighted by Gasteiger charge is -2.11. The number of hydrogen-bond acceptors (Lipinski definition) is 4. The van der Waals surface area contributed by atoms with Crippen molar-refractivity contribution in [2.75, 3.05) is 33.4 Å². The fourth-order valence-corrected chi connectivity index (χ4v) is 2.56. The van der Waals surface area contributed by atoms with Crippen LogP contribution in [-0.4, -0.2) is 39.3 Å². The van der Waals surface area contributed by atoms with Crippen molar-refractivity contribution in [1.29, 1.82) is 0 Å². The van der Waals surface area contributed by atoms with Crippen molar-refractivity contribution in [2.24, 2.45) is 4.99 Å². The number of furan rings is 1. The molecular weight excluding hydrogens is 469 g/mol. The molecule has 0 bridgehead atoms. The maximum Gasteiger partial charge on any atom is 0.191 e. The van der Waals surface area contributed by atoms with Gasteiger partial charge in [-0.15, -0.1) is 24.0 Å². The second-order valence-electron chi connectivity index (χ2n) is 6.12. The summed E-state index contributed by atoms with van der Waals surface area (Å²) in [5.74, 6) is 2.61. The van der Waals surface area contributed by atoms with Gasteiger partial charge < -0.3 is 24.5 Å². The maximum atomic E-state index is 5.58. The normalized spacial score (nSPS) is 11.0. The number of aryl methyl sites for hydroxylation is 1. The predicted molar refractivity (Wildman–Crippen MR) is 124 cm³/mol. The van der Waals surface area contributed by atoms with Gasteiger partial charge in [-0.2, -0.15) is 0 Å². The molecule has 156 valence electrons. The fraction of sp³-hybridized carbons (Fsp3) is 0.476. The molecule has 0 amide bonds. The van der Waals surface area contributed by atoms with E-state index in [1.165, 1.54) is 5.56 Å². The summed E-state index contributed by atoms with van der Waals surface area (Å²) in [7, 11) is 1.68. The minimum Gasteiger partial charge on any atom is -0.497 e. The molecule has 2 N–H and O–H groups in total. The molecule has 0 radical (unpaired) electrons. The zero-order chi connectivity index (χ0) is 19.2. The van der Waals surface area contributed by atoms with Crippen LogP contribution in [0, 0.1) is 0 Å². The molecule has 0 saturated heterocycles. The van der Waals surface area contributed by atoms with E-state index < -0.39 is 0 Å². The van der Waals surface area contributed by atoms with Gasteiger partial charge in [-0.1, -0.05) is 12.1 Å². The van der Waals surface area contributed by atoms with E-state index in [1.807, 2.05) is 24.3 Å². The molecule has 0 aliphatic carbocycles. The van der Waals surface area contributed by atoms with Gasteiger partial charge in [-0.25, -0.2) is 0 Å². The van der Waals surface area contributed by atoms with E-state index in [0.717, 1.165) is 56.4 Å². The summed E-state index contributed by atoms with van der Waals surface area (Å²) in [5, 5.41) is 6.62. The van der Waals surface area contributed by atoms with Crippen LogP contribution in [0.2, 0.25) is 0 Å². The Labute approximate surface area is 185 Å². The summed E-state index contributed by atoms with van der Waals surface area (Å²) in [6.45, 7) is 5.73. The molecule has 1 aromatic heterocycles. The van der Waals surface area contributed by atoms with Crippen molar-refractivity contribution in [3.05, 3.63) is 54.0 Å². The zero-order valence-corrected chi connectivity index (χ0v) is 19.1. The molecule has 0 aliphatic rings. The van der Waals surface area contributed by atoms with Gasteiger partial charge in [0.2, 0.25) is 0 Å². The first-order chi connectivity index (χ1) is 13.3. The highest BCUT2D eigenvalue weighted by Gasteiger charge is 1.99. The van der Waals surface area contributed by atoms with Gasteiger partial charge >= 0.3 is 0 Å². The SMILES string of the molecule is CCNC(=NCCCc1ccc(OC)cc1)NCCCOCc1ccco1.I. The van der Waals surface area contributed by atoms with Gasteiger partial charge in [0.1, 0.15) is 18.1 Å². The lowest BCUT2D eigenvalue weighted by molar-refractivity contribution is 0.105. The number of halogens is 1. The monoisotopic (exact) mass is 501 g/mol. The van der Waals surface area contributed by atoms with E-state index in [1.54, 1.807) is 13.4 Å². The van der Waals surface area contributed by atoms with Crippen LogP contribution >= 0.6 is 24.0 Å². The van der Waals surface area contributed by atoms with Gasteiger partial charge in [-0.05, 0) is 56.0 Å². The van der Waals surface area contributed by atoms with Gasteiger partial charge in [0, 0.05) is 26.2 Å². The fourth-order valence-electron chi connectivity index (χ4n) is 2.56. The van der Waals surface area contributed by atoms with E-state index in [-0.39, 0.29) is 24.0 Å². The summed E-state index contributed by atoms with van der Waals surface area (Å²) < 4.78 is 16.0. The summed E-state index contributed by atoms with van der Waals surface area (Å²) >= 11 is 0. The lowest BCUT2D eigenvalue weighted by atomic mass is 10.1. The Kier molecular flexibility index (Phi) is 13.2. The van der Waals surface area contributed by atoms with Gasteiger partial charge in [0.25, 0.3) is 0 Å². The quantitative estimate of drug-likeness (QED) is 0.199. The van der Waals surface area contributed by atoms with Gasteiger partial charge in [0.05, 0.1) is 13.4 Å². The number of guanidine groups is 1. The molecule has 0 spiro atoms. The second kappa shape index (κ2) is 15.2. The van der Waals surface area contributed by atoms with Crippen molar-refractivity contribution >= 4 is 29.9 Å². The molecule has 1 aromatic carbocycles.